The lowest BCUT2D eigenvalue weighted by molar-refractivity contribution is 0.672. The van der Waals surface area contributed by atoms with Crippen molar-refractivity contribution in [2.24, 2.45) is 0 Å². The molecular weight excluding hydrogens is 136 g/mol. The molecule has 0 radical (unpaired) electrons. The molecule has 0 aliphatic rings. The van der Waals surface area contributed by atoms with E-state index >= 15 is 0 Å². The molecule has 11 heavy (non-hydrogen) atoms. The second kappa shape index (κ2) is 3.37. The minimum Gasteiger partial charge on any atom is -0.331 e. The molecule has 0 aliphatic heterocycles. The number of hydrogen-bond donors (Lipinski definition) is 0. The standard InChI is InChI=1S/C9H14N2/c1-4-6-11-7-8(3)10-9(11)5-2/h5,7H,2,4,6H2,1,3H3. The van der Waals surface area contributed by atoms with E-state index in [0.29, 0.717) is 0 Å². The molecule has 1 rings (SSSR count). The summed E-state index contributed by atoms with van der Waals surface area (Å²) >= 11 is 0. The van der Waals surface area contributed by atoms with Crippen LogP contribution in [0.2, 0.25) is 0 Å². The van der Waals surface area contributed by atoms with Gasteiger partial charge >= 0.3 is 0 Å². The molecule has 0 spiro atoms. The number of imidazole rings is 1. The highest BCUT2D eigenvalue weighted by atomic mass is 15.1. The van der Waals surface area contributed by atoms with Gasteiger partial charge in [0.05, 0.1) is 5.69 Å². The number of aryl methyl sites for hydroxylation is 2. The summed E-state index contributed by atoms with van der Waals surface area (Å²) in [5.41, 5.74) is 1.06. The van der Waals surface area contributed by atoms with Crippen molar-refractivity contribution in [1.82, 2.24) is 9.55 Å². The van der Waals surface area contributed by atoms with Crippen molar-refractivity contribution in [1.29, 1.82) is 0 Å². The molecule has 0 saturated heterocycles. The highest BCUT2D eigenvalue weighted by Crippen LogP contribution is 2.04. The van der Waals surface area contributed by atoms with Gasteiger partial charge in [-0.25, -0.2) is 4.98 Å². The Morgan fingerprint density at radius 3 is 3.00 bits per heavy atom. The second-order valence-corrected chi connectivity index (χ2v) is 2.64. The van der Waals surface area contributed by atoms with Crippen LogP contribution in [0.25, 0.3) is 6.08 Å². The van der Waals surface area contributed by atoms with Crippen molar-refractivity contribution in [2.45, 2.75) is 26.8 Å². The molecule has 0 aliphatic carbocycles. The Kier molecular flexibility index (Phi) is 2.47. The molecule has 0 aromatic carbocycles. The van der Waals surface area contributed by atoms with Gasteiger partial charge in [-0.05, 0) is 19.4 Å². The van der Waals surface area contributed by atoms with E-state index in [9.17, 15) is 0 Å². The smallest absolute Gasteiger partial charge is 0.132 e. The fourth-order valence-electron chi connectivity index (χ4n) is 1.15. The average molecular weight is 150 g/mol. The van der Waals surface area contributed by atoms with Crippen molar-refractivity contribution in [2.75, 3.05) is 0 Å². The molecule has 2 nitrogen and oxygen atoms in total. The maximum absolute atomic E-state index is 4.29. The minimum atomic E-state index is 0.976. The fourth-order valence-corrected chi connectivity index (χ4v) is 1.15. The average Bonchev–Trinajstić information content (AvgIpc) is 2.32. The van der Waals surface area contributed by atoms with Crippen LogP contribution in [0.15, 0.2) is 12.8 Å². The van der Waals surface area contributed by atoms with E-state index in [-0.39, 0.29) is 0 Å². The van der Waals surface area contributed by atoms with Gasteiger partial charge in [0.25, 0.3) is 0 Å². The second-order valence-electron chi connectivity index (χ2n) is 2.64. The summed E-state index contributed by atoms with van der Waals surface area (Å²) in [5, 5.41) is 0. The van der Waals surface area contributed by atoms with Crippen LogP contribution in [0.3, 0.4) is 0 Å². The zero-order chi connectivity index (χ0) is 8.27. The number of nitrogens with zero attached hydrogens (tertiary/aromatic N) is 2. The Bertz CT molecular complexity index is 248. The normalized spacial score (nSPS) is 10.0. The van der Waals surface area contributed by atoms with Crippen LogP contribution in [-0.4, -0.2) is 9.55 Å². The summed E-state index contributed by atoms with van der Waals surface area (Å²) in [4.78, 5) is 4.29. The quantitative estimate of drug-likeness (QED) is 0.646. The van der Waals surface area contributed by atoms with Gasteiger partial charge in [-0.15, -0.1) is 0 Å². The summed E-state index contributed by atoms with van der Waals surface area (Å²) in [6.07, 6.45) is 4.99. The van der Waals surface area contributed by atoms with Gasteiger partial charge < -0.3 is 4.57 Å². The van der Waals surface area contributed by atoms with E-state index in [2.05, 4.69) is 29.3 Å². The Labute approximate surface area is 67.6 Å². The van der Waals surface area contributed by atoms with E-state index in [1.54, 1.807) is 6.08 Å². The van der Waals surface area contributed by atoms with E-state index in [0.717, 1.165) is 24.5 Å². The van der Waals surface area contributed by atoms with Gasteiger partial charge in [-0.3, -0.25) is 0 Å². The Morgan fingerprint density at radius 2 is 2.45 bits per heavy atom. The zero-order valence-corrected chi connectivity index (χ0v) is 7.17. The number of rotatable bonds is 3. The van der Waals surface area contributed by atoms with Gasteiger partial charge in [0.2, 0.25) is 0 Å². The largest absolute Gasteiger partial charge is 0.331 e. The lowest BCUT2D eigenvalue weighted by atomic mass is 10.4. The van der Waals surface area contributed by atoms with E-state index in [1.165, 1.54) is 0 Å². The maximum Gasteiger partial charge on any atom is 0.132 e. The fraction of sp³-hybridized carbons (Fsp3) is 0.444. The van der Waals surface area contributed by atoms with Crippen molar-refractivity contribution < 1.29 is 0 Å². The molecule has 0 saturated carbocycles. The zero-order valence-electron chi connectivity index (χ0n) is 7.17. The maximum atomic E-state index is 4.29. The van der Waals surface area contributed by atoms with Crippen molar-refractivity contribution in [3.63, 3.8) is 0 Å². The predicted octanol–water partition coefficient (Wildman–Crippen LogP) is 2.24. The van der Waals surface area contributed by atoms with Crippen LogP contribution < -0.4 is 0 Å². The van der Waals surface area contributed by atoms with Crippen LogP contribution in [0.1, 0.15) is 24.9 Å². The molecular formula is C9H14N2. The third-order valence-corrected chi connectivity index (χ3v) is 1.57. The first-order valence-electron chi connectivity index (χ1n) is 3.94. The van der Waals surface area contributed by atoms with Gasteiger partial charge in [-0.1, -0.05) is 13.5 Å². The monoisotopic (exact) mass is 150 g/mol. The lowest BCUT2D eigenvalue weighted by Gasteiger charge is -1.99. The van der Waals surface area contributed by atoms with Gasteiger partial charge in [0.15, 0.2) is 0 Å². The molecule has 1 heterocycles. The molecule has 0 atom stereocenters. The molecule has 60 valence electrons. The molecule has 0 bridgehead atoms. The van der Waals surface area contributed by atoms with Crippen LogP contribution in [0.5, 0.6) is 0 Å². The molecule has 2 heteroatoms. The number of hydrogen-bond acceptors (Lipinski definition) is 1. The highest BCUT2D eigenvalue weighted by molar-refractivity contribution is 5.37. The molecule has 0 N–H and O–H groups in total. The summed E-state index contributed by atoms with van der Waals surface area (Å²) in [6, 6.07) is 0. The molecule has 0 unspecified atom stereocenters. The third kappa shape index (κ3) is 1.70. The Morgan fingerprint density at radius 1 is 1.73 bits per heavy atom. The van der Waals surface area contributed by atoms with Crippen molar-refractivity contribution in [3.05, 3.63) is 24.3 Å². The van der Waals surface area contributed by atoms with E-state index < -0.39 is 0 Å². The van der Waals surface area contributed by atoms with Gasteiger partial charge in [0.1, 0.15) is 5.82 Å². The molecule has 0 fully saturated rings. The summed E-state index contributed by atoms with van der Waals surface area (Å²) in [6.45, 7) is 8.89. The number of aromatic nitrogens is 2. The SMILES string of the molecule is C=Cc1nc(C)cn1CCC. The van der Waals surface area contributed by atoms with Crippen molar-refractivity contribution in [3.8, 4) is 0 Å². The van der Waals surface area contributed by atoms with Gasteiger partial charge in [0, 0.05) is 12.7 Å². The van der Waals surface area contributed by atoms with Gasteiger partial charge in [-0.2, -0.15) is 0 Å². The first-order valence-corrected chi connectivity index (χ1v) is 3.94. The first-order chi connectivity index (χ1) is 5.27. The third-order valence-electron chi connectivity index (χ3n) is 1.57. The molecule has 1 aromatic heterocycles. The van der Waals surface area contributed by atoms with E-state index in [4.69, 9.17) is 0 Å². The Hall–Kier alpha value is -1.05. The summed E-state index contributed by atoms with van der Waals surface area (Å²) < 4.78 is 2.13. The first kappa shape index (κ1) is 8.05. The summed E-state index contributed by atoms with van der Waals surface area (Å²) in [5.74, 6) is 0.976. The predicted molar refractivity (Wildman–Crippen MR) is 47.3 cm³/mol. The topological polar surface area (TPSA) is 17.8 Å². The van der Waals surface area contributed by atoms with E-state index in [1.807, 2.05) is 6.92 Å². The lowest BCUT2D eigenvalue weighted by Crippen LogP contribution is -1.96. The Balaban J connectivity index is 2.92. The molecule has 1 aromatic rings. The minimum absolute atomic E-state index is 0.976. The molecule has 0 amide bonds. The summed E-state index contributed by atoms with van der Waals surface area (Å²) in [7, 11) is 0. The van der Waals surface area contributed by atoms with Crippen LogP contribution in [0, 0.1) is 6.92 Å². The van der Waals surface area contributed by atoms with Crippen molar-refractivity contribution >= 4 is 6.08 Å². The highest BCUT2D eigenvalue weighted by Gasteiger charge is 1.98. The van der Waals surface area contributed by atoms with Crippen LogP contribution >= 0.6 is 0 Å². The van der Waals surface area contributed by atoms with Crippen LogP contribution in [-0.2, 0) is 6.54 Å². The van der Waals surface area contributed by atoms with Crippen LogP contribution in [0.4, 0.5) is 0 Å².